The molecule has 40 heavy (non-hydrogen) atoms. The second-order valence-corrected chi connectivity index (χ2v) is 11.0. The fourth-order valence-electron chi connectivity index (χ4n) is 6.08. The smallest absolute Gasteiger partial charge is 0.274 e. The van der Waals surface area contributed by atoms with Crippen LogP contribution in [0.3, 0.4) is 0 Å². The number of hydrogen-bond donors (Lipinski definition) is 2. The number of aliphatic hydroxyl groups excluding tert-OH is 1. The molecule has 5 heterocycles. The molecule has 1 aromatic carbocycles. The molecule has 2 aliphatic heterocycles. The van der Waals surface area contributed by atoms with Crippen LogP contribution in [-0.2, 0) is 37.8 Å². The van der Waals surface area contributed by atoms with Crippen molar-refractivity contribution in [3.05, 3.63) is 82.6 Å². The predicted octanol–water partition coefficient (Wildman–Crippen LogP) is 2.82. The fraction of sp³-hybridized carbons (Fsp3) is 0.433. The highest BCUT2D eigenvalue weighted by molar-refractivity contribution is 5.93. The molecule has 0 saturated carbocycles. The lowest BCUT2D eigenvalue weighted by Crippen LogP contribution is -2.47. The van der Waals surface area contributed by atoms with E-state index in [1.807, 2.05) is 53.6 Å². The fourth-order valence-corrected chi connectivity index (χ4v) is 6.08. The highest BCUT2D eigenvalue weighted by Crippen LogP contribution is 2.32. The van der Waals surface area contributed by atoms with Gasteiger partial charge in [-0.15, -0.1) is 0 Å². The number of ether oxygens (including phenoxy) is 1. The van der Waals surface area contributed by atoms with Crippen LogP contribution < -0.4 is 10.6 Å². The van der Waals surface area contributed by atoms with Gasteiger partial charge in [0, 0.05) is 63.9 Å². The SMILES string of the molecule is CO[C@H](C)c1cc(N2Cc3cnn(C)c3C2)cn2cc(C(=O)N3CCC(Cc4ccccc4CN)[C@H](O)C3)nc12. The van der Waals surface area contributed by atoms with Gasteiger partial charge in [0.25, 0.3) is 5.91 Å². The number of amides is 1. The second kappa shape index (κ2) is 10.7. The molecule has 0 aliphatic carbocycles. The van der Waals surface area contributed by atoms with Gasteiger partial charge in [0.05, 0.1) is 36.3 Å². The number of nitrogens with zero attached hydrogens (tertiary/aromatic N) is 6. The first-order valence-electron chi connectivity index (χ1n) is 13.9. The normalized spacial score (nSPS) is 19.8. The number of methoxy groups -OCH3 is 1. The molecular formula is C30H37N7O3. The number of imidazole rings is 1. The summed E-state index contributed by atoms with van der Waals surface area (Å²) in [5.41, 5.74) is 13.6. The van der Waals surface area contributed by atoms with E-state index in [9.17, 15) is 9.90 Å². The van der Waals surface area contributed by atoms with Crippen molar-refractivity contribution in [2.24, 2.45) is 18.7 Å². The minimum atomic E-state index is -0.609. The summed E-state index contributed by atoms with van der Waals surface area (Å²) in [6.45, 7) is 4.87. The van der Waals surface area contributed by atoms with Crippen LogP contribution in [0.2, 0.25) is 0 Å². The topological polar surface area (TPSA) is 114 Å². The summed E-state index contributed by atoms with van der Waals surface area (Å²) in [4.78, 5) is 22.4. The molecule has 0 spiro atoms. The molecule has 2 aliphatic rings. The van der Waals surface area contributed by atoms with Crippen LogP contribution in [0.4, 0.5) is 5.69 Å². The number of β-amino-alcohol motifs (C(OH)–C–C–N with tert-alkyl or cyclic N) is 1. The van der Waals surface area contributed by atoms with Gasteiger partial charge in [-0.3, -0.25) is 9.48 Å². The van der Waals surface area contributed by atoms with Crippen LogP contribution in [0, 0.1) is 5.92 Å². The largest absolute Gasteiger partial charge is 0.391 e. The molecule has 3 N–H and O–H groups in total. The van der Waals surface area contributed by atoms with Crippen molar-refractivity contribution in [3.8, 4) is 0 Å². The van der Waals surface area contributed by atoms with Gasteiger partial charge >= 0.3 is 0 Å². The Morgan fingerprint density at radius 2 is 2.02 bits per heavy atom. The third kappa shape index (κ3) is 4.76. The first-order chi connectivity index (χ1) is 19.4. The maximum atomic E-state index is 13.6. The molecule has 1 fully saturated rings. The number of carbonyl (C=O) groups excluding carboxylic acids is 1. The third-order valence-electron chi connectivity index (χ3n) is 8.62. The van der Waals surface area contributed by atoms with E-state index in [2.05, 4.69) is 22.1 Å². The Labute approximate surface area is 234 Å². The van der Waals surface area contributed by atoms with Crippen molar-refractivity contribution in [3.63, 3.8) is 0 Å². The van der Waals surface area contributed by atoms with Gasteiger partial charge in [-0.1, -0.05) is 24.3 Å². The maximum Gasteiger partial charge on any atom is 0.274 e. The van der Waals surface area contributed by atoms with Gasteiger partial charge in [0.2, 0.25) is 0 Å². The molecule has 0 bridgehead atoms. The lowest BCUT2D eigenvalue weighted by atomic mass is 9.86. The molecular weight excluding hydrogens is 506 g/mol. The molecule has 1 unspecified atom stereocenters. The molecule has 0 radical (unpaired) electrons. The molecule has 10 heteroatoms. The molecule has 1 amide bonds. The Morgan fingerprint density at radius 1 is 1.23 bits per heavy atom. The number of aliphatic hydroxyl groups is 1. The van der Waals surface area contributed by atoms with E-state index in [1.165, 1.54) is 16.8 Å². The van der Waals surface area contributed by atoms with E-state index in [0.717, 1.165) is 42.7 Å². The molecule has 6 rings (SSSR count). The summed E-state index contributed by atoms with van der Waals surface area (Å²) >= 11 is 0. The molecule has 1 saturated heterocycles. The number of pyridine rings is 1. The molecule has 3 atom stereocenters. The average Bonchev–Trinajstić information content (AvgIpc) is 3.68. The Kier molecular flexibility index (Phi) is 7.07. The molecule has 10 nitrogen and oxygen atoms in total. The summed E-state index contributed by atoms with van der Waals surface area (Å²) in [6, 6.07) is 10.2. The van der Waals surface area contributed by atoms with Crippen molar-refractivity contribution >= 4 is 17.2 Å². The number of fused-ring (bicyclic) bond motifs is 2. The minimum Gasteiger partial charge on any atom is -0.391 e. The summed E-state index contributed by atoms with van der Waals surface area (Å²) in [5, 5.41) is 15.4. The zero-order valence-electron chi connectivity index (χ0n) is 23.3. The average molecular weight is 544 g/mol. The summed E-state index contributed by atoms with van der Waals surface area (Å²) < 4.78 is 9.54. The number of rotatable bonds is 7. The molecule has 4 aromatic rings. The molecule has 3 aromatic heterocycles. The Hall–Kier alpha value is -3.73. The van der Waals surface area contributed by atoms with Gasteiger partial charge in [-0.2, -0.15) is 5.10 Å². The number of hydrogen-bond acceptors (Lipinski definition) is 7. The van der Waals surface area contributed by atoms with Crippen molar-refractivity contribution in [1.82, 2.24) is 24.1 Å². The van der Waals surface area contributed by atoms with E-state index >= 15 is 0 Å². The van der Waals surface area contributed by atoms with E-state index < -0.39 is 6.10 Å². The number of likely N-dealkylation sites (tertiary alicyclic amines) is 1. The summed E-state index contributed by atoms with van der Waals surface area (Å²) in [7, 11) is 3.65. The van der Waals surface area contributed by atoms with Gasteiger partial charge < -0.3 is 29.8 Å². The first-order valence-corrected chi connectivity index (χ1v) is 13.9. The van der Waals surface area contributed by atoms with Crippen LogP contribution in [0.1, 0.15) is 57.9 Å². The van der Waals surface area contributed by atoms with Crippen molar-refractivity contribution in [2.75, 3.05) is 25.1 Å². The van der Waals surface area contributed by atoms with Gasteiger partial charge in [0.1, 0.15) is 11.3 Å². The zero-order valence-corrected chi connectivity index (χ0v) is 23.3. The van der Waals surface area contributed by atoms with E-state index in [1.54, 1.807) is 18.2 Å². The van der Waals surface area contributed by atoms with Crippen molar-refractivity contribution < 1.29 is 14.6 Å². The Bertz CT molecular complexity index is 1540. The van der Waals surface area contributed by atoms with Crippen LogP contribution >= 0.6 is 0 Å². The number of anilines is 1. The number of aromatic nitrogens is 4. The number of benzene rings is 1. The number of piperidine rings is 1. The Morgan fingerprint density at radius 3 is 2.75 bits per heavy atom. The second-order valence-electron chi connectivity index (χ2n) is 11.0. The van der Waals surface area contributed by atoms with Crippen LogP contribution in [0.5, 0.6) is 0 Å². The van der Waals surface area contributed by atoms with Crippen LogP contribution in [0.25, 0.3) is 5.65 Å². The molecule has 210 valence electrons. The van der Waals surface area contributed by atoms with Crippen molar-refractivity contribution in [1.29, 1.82) is 0 Å². The highest BCUT2D eigenvalue weighted by atomic mass is 16.5. The summed E-state index contributed by atoms with van der Waals surface area (Å²) in [5.74, 6) is -0.0879. The minimum absolute atomic E-state index is 0.0781. The highest BCUT2D eigenvalue weighted by Gasteiger charge is 2.32. The number of nitrogens with two attached hydrogens (primary N) is 1. The number of aryl methyl sites for hydroxylation is 1. The van der Waals surface area contributed by atoms with E-state index in [-0.39, 0.29) is 24.5 Å². The quantitative estimate of drug-likeness (QED) is 0.368. The number of carbonyl (C=O) groups is 1. The van der Waals surface area contributed by atoms with Gasteiger partial charge in [-0.05, 0) is 42.9 Å². The van der Waals surface area contributed by atoms with Crippen molar-refractivity contribution in [2.45, 2.75) is 51.6 Å². The van der Waals surface area contributed by atoms with E-state index in [0.29, 0.717) is 24.4 Å². The van der Waals surface area contributed by atoms with E-state index in [4.69, 9.17) is 15.5 Å². The van der Waals surface area contributed by atoms with Gasteiger partial charge in [0.15, 0.2) is 0 Å². The predicted molar refractivity (Wildman–Crippen MR) is 152 cm³/mol. The lowest BCUT2D eigenvalue weighted by molar-refractivity contribution is 0.0194. The van der Waals surface area contributed by atoms with Gasteiger partial charge in [-0.25, -0.2) is 4.98 Å². The maximum absolute atomic E-state index is 13.6. The van der Waals surface area contributed by atoms with Crippen LogP contribution in [0.15, 0.2) is 48.9 Å². The zero-order chi connectivity index (χ0) is 28.0. The first kappa shape index (κ1) is 26.5. The monoisotopic (exact) mass is 543 g/mol. The Balaban J connectivity index is 1.22. The summed E-state index contributed by atoms with van der Waals surface area (Å²) in [6.07, 6.45) is 6.42. The van der Waals surface area contributed by atoms with Crippen LogP contribution in [-0.4, -0.2) is 61.4 Å². The third-order valence-corrected chi connectivity index (χ3v) is 8.62. The lowest BCUT2D eigenvalue weighted by Gasteiger charge is -2.36. The standard InChI is InChI=1S/C30H37N7O3/c1-19(40-3)25-11-24(36-14-23-13-32-34(2)27(23)17-36)15-37-16-26(33-29(25)37)30(39)35-9-8-21(28(38)18-35)10-20-6-4-5-7-22(20)12-31/h4-7,11,13,15-16,19,21,28,38H,8-10,12,14,17-18,31H2,1-3H3/t19-,21?,28-/m1/s1.